The molecule has 1 atom stereocenters. The summed E-state index contributed by atoms with van der Waals surface area (Å²) in [5.41, 5.74) is 0.00205. The van der Waals surface area contributed by atoms with E-state index in [9.17, 15) is 14.5 Å². The van der Waals surface area contributed by atoms with Crippen molar-refractivity contribution in [1.82, 2.24) is 9.80 Å². The zero-order valence-electron chi connectivity index (χ0n) is 15.3. The lowest BCUT2D eigenvalue weighted by Crippen LogP contribution is -2.52. The van der Waals surface area contributed by atoms with E-state index < -0.39 is 10.7 Å². The summed E-state index contributed by atoms with van der Waals surface area (Å²) in [4.78, 5) is 15.3. The van der Waals surface area contributed by atoms with Gasteiger partial charge in [-0.15, -0.1) is 0 Å². The number of benzene rings is 1. The summed E-state index contributed by atoms with van der Waals surface area (Å²) in [6.45, 7) is 8.79. The molecule has 1 aliphatic rings. The van der Waals surface area contributed by atoms with Crippen molar-refractivity contribution in [2.45, 2.75) is 19.9 Å². The van der Waals surface area contributed by atoms with Gasteiger partial charge < -0.3 is 15.0 Å². The number of likely N-dealkylation sites (N-methyl/N-ethyl adjacent to an activating group) is 1. The second kappa shape index (κ2) is 8.44. The van der Waals surface area contributed by atoms with Crippen molar-refractivity contribution in [2.24, 2.45) is 5.92 Å². The summed E-state index contributed by atoms with van der Waals surface area (Å²) >= 11 is 0. The minimum atomic E-state index is -0.737. The van der Waals surface area contributed by atoms with Gasteiger partial charge in [-0.2, -0.15) is 0 Å². The SMILES string of the molecule is COc1cc(NCC(C(C)C)N2CCN(C)CC2)c([N+](=O)[O-])cc1F. The van der Waals surface area contributed by atoms with E-state index in [1.54, 1.807) is 0 Å². The Morgan fingerprint density at radius 1 is 1.32 bits per heavy atom. The van der Waals surface area contributed by atoms with Crippen LogP contribution in [-0.2, 0) is 0 Å². The van der Waals surface area contributed by atoms with E-state index in [0.29, 0.717) is 12.5 Å². The number of rotatable bonds is 7. The molecular weight excluding hydrogens is 327 g/mol. The van der Waals surface area contributed by atoms with Crippen LogP contribution >= 0.6 is 0 Å². The molecule has 1 N–H and O–H groups in total. The molecule has 1 heterocycles. The summed E-state index contributed by atoms with van der Waals surface area (Å²) in [7, 11) is 3.45. The van der Waals surface area contributed by atoms with Crippen molar-refractivity contribution < 1.29 is 14.1 Å². The molecule has 1 aliphatic heterocycles. The Hall–Kier alpha value is -1.93. The van der Waals surface area contributed by atoms with Crippen LogP contribution in [0.3, 0.4) is 0 Å². The van der Waals surface area contributed by atoms with Crippen molar-refractivity contribution in [3.05, 3.63) is 28.1 Å². The van der Waals surface area contributed by atoms with Gasteiger partial charge in [0.15, 0.2) is 11.6 Å². The van der Waals surface area contributed by atoms with Gasteiger partial charge in [-0.05, 0) is 13.0 Å². The van der Waals surface area contributed by atoms with Gasteiger partial charge in [-0.25, -0.2) is 4.39 Å². The molecule has 1 saturated heterocycles. The summed E-state index contributed by atoms with van der Waals surface area (Å²) < 4.78 is 18.7. The van der Waals surface area contributed by atoms with Gasteiger partial charge >= 0.3 is 0 Å². The van der Waals surface area contributed by atoms with E-state index in [1.807, 2.05) is 0 Å². The summed E-state index contributed by atoms with van der Waals surface area (Å²) in [6, 6.07) is 2.50. The average molecular weight is 354 g/mol. The van der Waals surface area contributed by atoms with E-state index in [4.69, 9.17) is 4.74 Å². The molecule has 1 aromatic carbocycles. The lowest BCUT2D eigenvalue weighted by atomic mass is 10.0. The van der Waals surface area contributed by atoms with Crippen molar-refractivity contribution in [3.8, 4) is 5.75 Å². The Morgan fingerprint density at radius 2 is 1.96 bits per heavy atom. The van der Waals surface area contributed by atoms with Gasteiger partial charge in [-0.3, -0.25) is 15.0 Å². The monoisotopic (exact) mass is 354 g/mol. The predicted octanol–water partition coefficient (Wildman–Crippen LogP) is 2.43. The maximum Gasteiger partial charge on any atom is 0.295 e. The molecule has 0 saturated carbocycles. The van der Waals surface area contributed by atoms with Crippen LogP contribution in [0, 0.1) is 21.8 Å². The number of nitro groups is 1. The number of hydrogen-bond acceptors (Lipinski definition) is 6. The highest BCUT2D eigenvalue weighted by molar-refractivity contribution is 5.64. The quantitative estimate of drug-likeness (QED) is 0.599. The molecule has 2 rings (SSSR count). The van der Waals surface area contributed by atoms with Crippen molar-refractivity contribution >= 4 is 11.4 Å². The Morgan fingerprint density at radius 3 is 2.48 bits per heavy atom. The van der Waals surface area contributed by atoms with Crippen LogP contribution in [0.1, 0.15) is 13.8 Å². The van der Waals surface area contributed by atoms with Crippen LogP contribution in [-0.4, -0.2) is 67.6 Å². The molecule has 8 heteroatoms. The second-order valence-electron chi connectivity index (χ2n) is 6.79. The van der Waals surface area contributed by atoms with Gasteiger partial charge in [0.25, 0.3) is 5.69 Å². The molecule has 0 spiro atoms. The predicted molar refractivity (Wildman–Crippen MR) is 95.8 cm³/mol. The fourth-order valence-electron chi connectivity index (χ4n) is 3.15. The zero-order valence-corrected chi connectivity index (χ0v) is 15.3. The van der Waals surface area contributed by atoms with Gasteiger partial charge in [0.2, 0.25) is 0 Å². The first kappa shape index (κ1) is 19.4. The van der Waals surface area contributed by atoms with Crippen molar-refractivity contribution in [1.29, 1.82) is 0 Å². The summed E-state index contributed by atoms with van der Waals surface area (Å²) in [5, 5.41) is 14.4. The zero-order chi connectivity index (χ0) is 18.6. The Bertz CT molecular complexity index is 604. The normalized spacial score (nSPS) is 17.5. The molecule has 140 valence electrons. The Kier molecular flexibility index (Phi) is 6.55. The third-order valence-electron chi connectivity index (χ3n) is 4.74. The third kappa shape index (κ3) is 4.79. The number of nitrogens with zero attached hydrogens (tertiary/aromatic N) is 3. The van der Waals surface area contributed by atoms with E-state index in [1.165, 1.54) is 13.2 Å². The molecule has 0 bridgehead atoms. The fraction of sp³-hybridized carbons (Fsp3) is 0.647. The highest BCUT2D eigenvalue weighted by atomic mass is 19.1. The first-order valence-electron chi connectivity index (χ1n) is 8.51. The lowest BCUT2D eigenvalue weighted by molar-refractivity contribution is -0.384. The maximum absolute atomic E-state index is 13.8. The average Bonchev–Trinajstić information content (AvgIpc) is 2.56. The Labute approximate surface area is 147 Å². The summed E-state index contributed by atoms with van der Waals surface area (Å²) in [5.74, 6) is -0.356. The molecule has 0 amide bonds. The molecule has 7 nitrogen and oxygen atoms in total. The van der Waals surface area contributed by atoms with Crippen LogP contribution in [0.4, 0.5) is 15.8 Å². The highest BCUT2D eigenvalue weighted by Gasteiger charge is 2.26. The maximum atomic E-state index is 13.8. The van der Waals surface area contributed by atoms with Crippen molar-refractivity contribution in [2.75, 3.05) is 52.2 Å². The smallest absolute Gasteiger partial charge is 0.295 e. The Balaban J connectivity index is 2.15. The number of nitro benzene ring substituents is 1. The largest absolute Gasteiger partial charge is 0.494 e. The number of piperazine rings is 1. The minimum absolute atomic E-state index is 0.00575. The molecule has 1 unspecified atom stereocenters. The van der Waals surface area contributed by atoms with Gasteiger partial charge in [0.05, 0.1) is 18.1 Å². The van der Waals surface area contributed by atoms with Crippen LogP contribution < -0.4 is 10.1 Å². The molecule has 1 fully saturated rings. The standard InChI is InChI=1S/C17H27FN4O3/c1-12(2)16(21-7-5-20(3)6-8-21)11-19-14-10-17(25-4)13(18)9-15(14)22(23)24/h9-10,12,16,19H,5-8,11H2,1-4H3. The lowest BCUT2D eigenvalue weighted by Gasteiger charge is -2.40. The first-order chi connectivity index (χ1) is 11.8. The van der Waals surface area contributed by atoms with Gasteiger partial charge in [0.1, 0.15) is 5.69 Å². The van der Waals surface area contributed by atoms with Crippen LogP contribution in [0.5, 0.6) is 5.75 Å². The second-order valence-corrected chi connectivity index (χ2v) is 6.79. The van der Waals surface area contributed by atoms with Crippen LogP contribution in [0.25, 0.3) is 0 Å². The fourth-order valence-corrected chi connectivity index (χ4v) is 3.15. The van der Waals surface area contributed by atoms with E-state index in [2.05, 4.69) is 36.0 Å². The van der Waals surface area contributed by atoms with Crippen LogP contribution in [0.2, 0.25) is 0 Å². The molecular formula is C17H27FN4O3. The van der Waals surface area contributed by atoms with Crippen molar-refractivity contribution in [3.63, 3.8) is 0 Å². The number of ether oxygens (including phenoxy) is 1. The number of hydrogen-bond donors (Lipinski definition) is 1. The topological polar surface area (TPSA) is 70.9 Å². The van der Waals surface area contributed by atoms with E-state index in [0.717, 1.165) is 32.2 Å². The third-order valence-corrected chi connectivity index (χ3v) is 4.74. The number of halogens is 1. The highest BCUT2D eigenvalue weighted by Crippen LogP contribution is 2.32. The van der Waals surface area contributed by atoms with Gasteiger partial charge in [-0.1, -0.05) is 13.8 Å². The van der Waals surface area contributed by atoms with Crippen LogP contribution in [0.15, 0.2) is 12.1 Å². The molecule has 1 aromatic rings. The van der Waals surface area contributed by atoms with E-state index in [-0.39, 0.29) is 23.2 Å². The van der Waals surface area contributed by atoms with Gasteiger partial charge in [0, 0.05) is 44.8 Å². The molecule has 0 aliphatic carbocycles. The minimum Gasteiger partial charge on any atom is -0.494 e. The van der Waals surface area contributed by atoms with E-state index >= 15 is 0 Å². The molecule has 0 radical (unpaired) electrons. The number of methoxy groups -OCH3 is 1. The molecule has 25 heavy (non-hydrogen) atoms. The number of nitrogens with one attached hydrogen (secondary N) is 1. The molecule has 0 aromatic heterocycles. The first-order valence-corrected chi connectivity index (χ1v) is 8.51. The number of anilines is 1. The summed E-state index contributed by atoms with van der Waals surface area (Å²) in [6.07, 6.45) is 0.